The Morgan fingerprint density at radius 2 is 1.07 bits per heavy atom. The molecule has 0 radical (unpaired) electrons. The van der Waals surface area contributed by atoms with Crippen LogP contribution in [0.5, 0.6) is 0 Å². The highest BCUT2D eigenvalue weighted by Gasteiger charge is 2.61. The lowest BCUT2D eigenvalue weighted by Crippen LogP contribution is -2.54. The van der Waals surface area contributed by atoms with Crippen molar-refractivity contribution < 1.29 is 57.2 Å². The van der Waals surface area contributed by atoms with Crippen molar-refractivity contribution in [3.8, 4) is 22.5 Å². The summed E-state index contributed by atoms with van der Waals surface area (Å²) in [6.07, 6.45) is 29.0. The van der Waals surface area contributed by atoms with Gasteiger partial charge in [-0.15, -0.1) is 10.2 Å². The van der Waals surface area contributed by atoms with Gasteiger partial charge in [-0.3, -0.25) is 28.8 Å². The lowest BCUT2D eigenvalue weighted by molar-refractivity contribution is -0.163. The van der Waals surface area contributed by atoms with Gasteiger partial charge in [-0.25, -0.2) is 14.2 Å². The third-order valence-electron chi connectivity index (χ3n) is 29.5. The first-order valence-corrected chi connectivity index (χ1v) is 47.0. The fourth-order valence-electron chi connectivity index (χ4n) is 23.2. The number of aromatic nitrogens is 7. The molecule has 602 valence electrons. The van der Waals surface area contributed by atoms with Gasteiger partial charge in [0.15, 0.2) is 0 Å². The van der Waals surface area contributed by atoms with Gasteiger partial charge in [-0.1, -0.05) is 126 Å². The number of ether oxygens (including phenoxy) is 6. The Morgan fingerprint density at radius 1 is 0.564 bits per heavy atom. The van der Waals surface area contributed by atoms with Gasteiger partial charge in [-0.2, -0.15) is 0 Å². The second-order valence-electron chi connectivity index (χ2n) is 35.8. The Balaban J connectivity index is 0.515. The molecule has 0 spiro atoms. The number of hydrogen-bond acceptors (Lipinski definition) is 21. The van der Waals surface area contributed by atoms with Crippen LogP contribution in [0.1, 0.15) is 222 Å². The lowest BCUT2D eigenvalue weighted by atomic mass is 9.44. The van der Waals surface area contributed by atoms with E-state index in [0.717, 1.165) is 115 Å². The molecule has 2 aromatic carbocycles. The van der Waals surface area contributed by atoms with Crippen molar-refractivity contribution >= 4 is 113 Å². The maximum absolute atomic E-state index is 13.8. The van der Waals surface area contributed by atoms with E-state index in [1.807, 2.05) is 40.0 Å². The number of nitrogens with zero attached hydrogens (tertiary/aromatic N) is 7. The van der Waals surface area contributed by atoms with Crippen molar-refractivity contribution in [2.75, 3.05) is 44.5 Å². The number of esters is 6. The van der Waals surface area contributed by atoms with E-state index >= 15 is 0 Å². The molecule has 7 aliphatic carbocycles. The van der Waals surface area contributed by atoms with Crippen LogP contribution in [0, 0.1) is 86.8 Å². The minimum absolute atomic E-state index is 0.0206. The standard InChI is InChI=1S/C85H119ClN8O12S4/c1-53(10-22-76(95)101-36-8-38-103-78(97)46-63-28-40-107-109-63)55(3)82(4)30-26-69-58(48-82)12-15-59-44-61(24-31-83(59,69)5)105-80(99)51-92-49-72(88-90-92)56-13-17-65-66-18-14-57(43-75(66)94(35-34-87-86)74(65)42-56)73-50-93(91-89-73)52-81(100)106-62-25-32-84(6)60(45-62)16-19-67-70-21-20-68(85(70,7)33-27-71(67)84)54(2)11-23-77(96)102-37-9-39-104-79(98)47-64-29-41-108-110-64/h13-14,17-18,42-43,49-50,53-55,58-64,67-71,87H,8-12,15-16,19-41,44-48,51-52H2,1-7H3/t53-,54-,55?,58+,59-,60-,61-,62-,63?,64?,67+,68?,69?,70+,71?,82?,83?,84?,85?/m1/s1. The van der Waals surface area contributed by atoms with E-state index in [-0.39, 0.29) is 103 Å². The molecule has 19 atom stereocenters. The van der Waals surface area contributed by atoms with E-state index in [1.165, 1.54) is 64.2 Å². The van der Waals surface area contributed by atoms with Crippen LogP contribution in [0.2, 0.25) is 0 Å². The van der Waals surface area contributed by atoms with Gasteiger partial charge in [0, 0.05) is 93.7 Å². The van der Waals surface area contributed by atoms with Crippen LogP contribution in [0.15, 0.2) is 48.8 Å². The summed E-state index contributed by atoms with van der Waals surface area (Å²) >= 11 is 6.14. The third-order valence-corrected chi connectivity index (χ3v) is 35.6. The lowest BCUT2D eigenvalue weighted by Gasteiger charge is -2.61. The maximum atomic E-state index is 13.8. The van der Waals surface area contributed by atoms with Crippen molar-refractivity contribution in [3.05, 3.63) is 48.8 Å². The quantitative estimate of drug-likeness (QED) is 0.0138. The molecule has 9 fully saturated rings. The van der Waals surface area contributed by atoms with E-state index in [1.54, 1.807) is 31.0 Å². The van der Waals surface area contributed by atoms with Gasteiger partial charge >= 0.3 is 35.8 Å². The molecule has 0 amide bonds. The highest BCUT2D eigenvalue weighted by Crippen LogP contribution is 2.69. The zero-order valence-electron chi connectivity index (χ0n) is 66.0. The Labute approximate surface area is 671 Å². The molecule has 5 aromatic rings. The average Bonchev–Trinajstić information content (AvgIpc) is 1.32. The van der Waals surface area contributed by atoms with Crippen molar-refractivity contribution in [2.24, 2.45) is 86.8 Å². The van der Waals surface area contributed by atoms with E-state index in [9.17, 15) is 28.8 Å². The van der Waals surface area contributed by atoms with Crippen LogP contribution < -0.4 is 4.84 Å². The third kappa shape index (κ3) is 18.4. The van der Waals surface area contributed by atoms with Crippen molar-refractivity contribution in [3.63, 3.8) is 0 Å². The summed E-state index contributed by atoms with van der Waals surface area (Å²) in [5.41, 5.74) is 5.97. The van der Waals surface area contributed by atoms with Crippen molar-refractivity contribution in [2.45, 2.75) is 264 Å². The van der Waals surface area contributed by atoms with Crippen molar-refractivity contribution in [1.82, 2.24) is 39.4 Å². The van der Waals surface area contributed by atoms with E-state index < -0.39 is 0 Å². The molecule has 9 aliphatic rings. The van der Waals surface area contributed by atoms with Crippen LogP contribution in [0.25, 0.3) is 44.3 Å². The van der Waals surface area contributed by atoms with Gasteiger partial charge in [0.2, 0.25) is 0 Å². The molecule has 2 saturated heterocycles. The molecule has 5 heterocycles. The van der Waals surface area contributed by atoms with Gasteiger partial charge in [0.1, 0.15) is 36.7 Å². The minimum Gasteiger partial charge on any atom is -0.466 e. The molecule has 3 aromatic heterocycles. The fraction of sp³-hybridized carbons (Fsp3) is 0.741. The summed E-state index contributed by atoms with van der Waals surface area (Å²) in [7, 11) is 7.18. The highest BCUT2D eigenvalue weighted by molar-refractivity contribution is 8.77. The zero-order chi connectivity index (χ0) is 76.9. The zero-order valence-corrected chi connectivity index (χ0v) is 70.0. The van der Waals surface area contributed by atoms with Crippen LogP contribution in [0.4, 0.5) is 0 Å². The van der Waals surface area contributed by atoms with E-state index in [2.05, 4.69) is 109 Å². The van der Waals surface area contributed by atoms with Crippen LogP contribution in [-0.2, 0) is 76.8 Å². The Bertz CT molecular complexity index is 4050. The second-order valence-corrected chi connectivity index (χ2v) is 41.6. The SMILES string of the molecule is CC([C@H](C)CCC(=O)OCCCOC(=O)CC1CCSS1)C1(C)CCC2[C@@H](CC[C@@H]3C[C@H](OC(=O)Cn4cc(-c5ccc6c7ccc(-c8cn(CC(=O)O[C@@H]9CCC%10(C)C%11CCC%12(C)C([C@H](C)CCC(=O)OCCCOC(=O)CC%13CCSS%13)CC[C@H]%12[C@@H]%11CC[C@@H]%10C9)nn8)cc7n(CCNCl)c6c5)nn4)CCC23C)C1. The molecule has 1 N–H and O–H groups in total. The van der Waals surface area contributed by atoms with Gasteiger partial charge < -0.3 is 33.0 Å². The fourth-order valence-corrected chi connectivity index (χ4v) is 29.0. The molecule has 14 rings (SSSR count). The topological polar surface area (TPSA) is 236 Å². The van der Waals surface area contributed by atoms with E-state index in [0.29, 0.717) is 145 Å². The number of rotatable bonds is 32. The number of hydrogen-bond donors (Lipinski definition) is 1. The first kappa shape index (κ1) is 81.6. The van der Waals surface area contributed by atoms with Crippen LogP contribution in [-0.4, -0.2) is 138 Å². The molecule has 0 bridgehead atoms. The predicted molar refractivity (Wildman–Crippen MR) is 435 cm³/mol. The Hall–Kier alpha value is -5.01. The normalized spacial score (nSPS) is 32.0. The summed E-state index contributed by atoms with van der Waals surface area (Å²) in [4.78, 5) is 80.4. The maximum Gasteiger partial charge on any atom is 0.328 e. The van der Waals surface area contributed by atoms with Gasteiger partial charge in [0.05, 0.1) is 51.7 Å². The number of carbonyl (C=O) groups is 6. The van der Waals surface area contributed by atoms with Crippen LogP contribution in [0.3, 0.4) is 0 Å². The molecule has 2 aliphatic heterocycles. The Morgan fingerprint density at radius 3 is 1.62 bits per heavy atom. The average molecular weight is 1610 g/mol. The molecule has 7 saturated carbocycles. The molecule has 110 heavy (non-hydrogen) atoms. The smallest absolute Gasteiger partial charge is 0.328 e. The number of fused-ring (bicyclic) bond motifs is 11. The van der Waals surface area contributed by atoms with E-state index in [4.69, 9.17) is 40.2 Å². The molecular weight excluding hydrogens is 1490 g/mol. The summed E-state index contributed by atoms with van der Waals surface area (Å²) in [6, 6.07) is 12.6. The number of benzene rings is 2. The molecular formula is C85H119ClN8O12S4. The molecule has 10 unspecified atom stereocenters. The summed E-state index contributed by atoms with van der Waals surface area (Å²) < 4.78 is 40.0. The number of carbonyl (C=O) groups excluding carboxylic acids is 6. The largest absolute Gasteiger partial charge is 0.466 e. The van der Waals surface area contributed by atoms with Crippen molar-refractivity contribution in [1.29, 1.82) is 0 Å². The summed E-state index contributed by atoms with van der Waals surface area (Å²) in [5.74, 6) is 7.31. The molecule has 25 heteroatoms. The second kappa shape index (κ2) is 36.0. The highest BCUT2D eigenvalue weighted by atomic mass is 35.5. The van der Waals surface area contributed by atoms with Gasteiger partial charge in [0.25, 0.3) is 0 Å². The number of halogens is 1. The van der Waals surface area contributed by atoms with Crippen LogP contribution >= 0.6 is 55.0 Å². The summed E-state index contributed by atoms with van der Waals surface area (Å²) in [6.45, 7) is 19.4. The number of nitrogens with one attached hydrogen (secondary N) is 1. The first-order valence-electron chi connectivity index (χ1n) is 41.8. The predicted octanol–water partition coefficient (Wildman–Crippen LogP) is 18.1. The Kier molecular flexibility index (Phi) is 26.7. The first-order chi connectivity index (χ1) is 53.1. The van der Waals surface area contributed by atoms with Gasteiger partial charge in [-0.05, 0) is 246 Å². The molecule has 20 nitrogen and oxygen atoms in total. The monoisotopic (exact) mass is 1610 g/mol. The summed E-state index contributed by atoms with van der Waals surface area (Å²) in [5, 5.41) is 20.8. The minimum atomic E-state index is -0.295.